The van der Waals surface area contributed by atoms with Gasteiger partial charge in [-0.3, -0.25) is 0 Å². The minimum absolute atomic E-state index is 0.347. The summed E-state index contributed by atoms with van der Waals surface area (Å²) in [6, 6.07) is 9.98. The van der Waals surface area contributed by atoms with E-state index in [-0.39, 0.29) is 0 Å². The van der Waals surface area contributed by atoms with Gasteiger partial charge in [0.05, 0.1) is 0 Å². The monoisotopic (exact) mass is 289 g/mol. The molecule has 0 N–H and O–H groups in total. The van der Waals surface area contributed by atoms with E-state index in [1.807, 2.05) is 24.3 Å². The topological polar surface area (TPSA) is 22.1 Å². The summed E-state index contributed by atoms with van der Waals surface area (Å²) < 4.78 is 5.88. The highest BCUT2D eigenvalue weighted by molar-refractivity contribution is 6.17. The van der Waals surface area contributed by atoms with Crippen LogP contribution in [0.3, 0.4) is 0 Å². The number of benzene rings is 1. The van der Waals surface area contributed by atoms with Crippen LogP contribution >= 0.6 is 11.6 Å². The van der Waals surface area contributed by atoms with Gasteiger partial charge in [-0.15, -0.1) is 11.6 Å². The first-order valence-electron chi connectivity index (χ1n) is 6.81. The van der Waals surface area contributed by atoms with Gasteiger partial charge < -0.3 is 4.74 Å². The van der Waals surface area contributed by atoms with Gasteiger partial charge in [-0.25, -0.2) is 4.98 Å². The van der Waals surface area contributed by atoms with E-state index in [1.54, 1.807) is 0 Å². The number of ether oxygens (including phenoxy) is 1. The third kappa shape index (κ3) is 3.51. The van der Waals surface area contributed by atoms with Crippen LogP contribution in [-0.4, -0.2) is 4.98 Å². The second-order valence-corrected chi connectivity index (χ2v) is 5.64. The Hall–Kier alpha value is -1.54. The molecule has 0 bridgehead atoms. The fraction of sp³-hybridized carbons (Fsp3) is 0.353. The van der Waals surface area contributed by atoms with Crippen molar-refractivity contribution in [3.63, 3.8) is 0 Å². The molecule has 0 atom stereocenters. The number of nitrogens with zero attached hydrogens (tertiary/aromatic N) is 1. The number of halogens is 1. The van der Waals surface area contributed by atoms with E-state index < -0.39 is 0 Å². The Morgan fingerprint density at radius 3 is 2.45 bits per heavy atom. The molecule has 1 heterocycles. The van der Waals surface area contributed by atoms with Crippen LogP contribution in [0, 0.1) is 13.8 Å². The summed E-state index contributed by atoms with van der Waals surface area (Å²) in [5.41, 5.74) is 4.49. The molecular formula is C17H20ClNO. The third-order valence-corrected chi connectivity index (χ3v) is 3.64. The first-order chi connectivity index (χ1) is 9.49. The van der Waals surface area contributed by atoms with Crippen LogP contribution in [-0.2, 0) is 5.88 Å². The predicted molar refractivity (Wildman–Crippen MR) is 83.9 cm³/mol. The van der Waals surface area contributed by atoms with Gasteiger partial charge in [-0.2, -0.15) is 0 Å². The van der Waals surface area contributed by atoms with Gasteiger partial charge in [-0.1, -0.05) is 19.9 Å². The van der Waals surface area contributed by atoms with E-state index in [4.69, 9.17) is 16.3 Å². The van der Waals surface area contributed by atoms with E-state index in [0.717, 1.165) is 17.0 Å². The number of hydrogen-bond acceptors (Lipinski definition) is 2. The second kappa shape index (κ2) is 6.27. The van der Waals surface area contributed by atoms with Crippen molar-refractivity contribution < 1.29 is 4.74 Å². The van der Waals surface area contributed by atoms with Gasteiger partial charge in [0.15, 0.2) is 0 Å². The summed E-state index contributed by atoms with van der Waals surface area (Å²) in [6.45, 7) is 8.38. The highest BCUT2D eigenvalue weighted by atomic mass is 35.5. The maximum absolute atomic E-state index is 5.94. The Kier molecular flexibility index (Phi) is 4.66. The predicted octanol–water partition coefficient (Wildman–Crippen LogP) is 5.35. The molecule has 0 amide bonds. The number of alkyl halides is 1. The van der Waals surface area contributed by atoms with Gasteiger partial charge in [-0.05, 0) is 54.7 Å². The molecule has 0 unspecified atom stereocenters. The molecule has 0 radical (unpaired) electrons. The van der Waals surface area contributed by atoms with Crippen molar-refractivity contribution in [2.45, 2.75) is 39.5 Å². The molecule has 0 aliphatic rings. The molecular weight excluding hydrogens is 270 g/mol. The summed E-state index contributed by atoms with van der Waals surface area (Å²) in [7, 11) is 0. The van der Waals surface area contributed by atoms with Gasteiger partial charge in [0.1, 0.15) is 5.75 Å². The molecule has 0 aliphatic carbocycles. The quantitative estimate of drug-likeness (QED) is 0.708. The van der Waals surface area contributed by atoms with Crippen molar-refractivity contribution in [1.82, 2.24) is 4.98 Å². The fourth-order valence-corrected chi connectivity index (χ4v) is 2.06. The van der Waals surface area contributed by atoms with E-state index >= 15 is 0 Å². The Morgan fingerprint density at radius 1 is 1.10 bits per heavy atom. The van der Waals surface area contributed by atoms with Crippen molar-refractivity contribution >= 4 is 11.6 Å². The minimum atomic E-state index is 0.347. The molecule has 0 fully saturated rings. The summed E-state index contributed by atoms with van der Waals surface area (Å²) in [5, 5.41) is 0. The van der Waals surface area contributed by atoms with Crippen LogP contribution in [0.15, 0.2) is 30.3 Å². The van der Waals surface area contributed by atoms with E-state index in [9.17, 15) is 0 Å². The van der Waals surface area contributed by atoms with Crippen LogP contribution < -0.4 is 4.74 Å². The molecule has 0 saturated carbocycles. The number of pyridine rings is 1. The lowest BCUT2D eigenvalue weighted by molar-refractivity contribution is 0.458. The standard InChI is InChI=1S/C17H20ClNO/c1-11(2)16-8-14(10-18)9-17(19-16)20-15-6-5-12(3)13(4)7-15/h5-9,11H,10H2,1-4H3. The maximum atomic E-state index is 5.94. The van der Waals surface area contributed by atoms with Crippen molar-refractivity contribution in [1.29, 1.82) is 0 Å². The Morgan fingerprint density at radius 2 is 1.85 bits per heavy atom. The molecule has 2 aromatic rings. The molecule has 3 heteroatoms. The highest BCUT2D eigenvalue weighted by Crippen LogP contribution is 2.26. The molecule has 2 nitrogen and oxygen atoms in total. The molecule has 1 aromatic carbocycles. The lowest BCUT2D eigenvalue weighted by Crippen LogP contribution is -1.98. The van der Waals surface area contributed by atoms with Crippen LogP contribution in [0.4, 0.5) is 0 Å². The van der Waals surface area contributed by atoms with E-state index in [2.05, 4.69) is 38.7 Å². The largest absolute Gasteiger partial charge is 0.439 e. The van der Waals surface area contributed by atoms with Crippen LogP contribution in [0.5, 0.6) is 11.6 Å². The van der Waals surface area contributed by atoms with E-state index in [1.165, 1.54) is 11.1 Å². The first-order valence-corrected chi connectivity index (χ1v) is 7.35. The SMILES string of the molecule is Cc1ccc(Oc2cc(CCl)cc(C(C)C)n2)cc1C. The Balaban J connectivity index is 2.32. The number of aryl methyl sites for hydroxylation is 2. The number of aromatic nitrogens is 1. The molecule has 1 aromatic heterocycles. The third-order valence-electron chi connectivity index (χ3n) is 3.33. The summed E-state index contributed by atoms with van der Waals surface area (Å²) in [6.07, 6.45) is 0. The highest BCUT2D eigenvalue weighted by Gasteiger charge is 2.08. The van der Waals surface area contributed by atoms with Crippen molar-refractivity contribution in [2.24, 2.45) is 0 Å². The first kappa shape index (κ1) is 14.9. The fourth-order valence-electron chi connectivity index (χ4n) is 1.91. The van der Waals surface area contributed by atoms with Gasteiger partial charge in [0.25, 0.3) is 0 Å². The average molecular weight is 290 g/mol. The molecule has 0 saturated heterocycles. The van der Waals surface area contributed by atoms with Crippen LogP contribution in [0.25, 0.3) is 0 Å². The van der Waals surface area contributed by atoms with Gasteiger partial charge in [0, 0.05) is 17.6 Å². The van der Waals surface area contributed by atoms with Crippen LogP contribution in [0.1, 0.15) is 42.1 Å². The second-order valence-electron chi connectivity index (χ2n) is 5.37. The van der Waals surface area contributed by atoms with Crippen molar-refractivity contribution in [3.8, 4) is 11.6 Å². The smallest absolute Gasteiger partial charge is 0.219 e. The zero-order valence-electron chi connectivity index (χ0n) is 12.4. The maximum Gasteiger partial charge on any atom is 0.219 e. The molecule has 0 aliphatic heterocycles. The van der Waals surface area contributed by atoms with E-state index in [0.29, 0.717) is 17.7 Å². The Bertz CT molecular complexity index is 608. The minimum Gasteiger partial charge on any atom is -0.439 e. The van der Waals surface area contributed by atoms with Crippen molar-refractivity contribution in [2.75, 3.05) is 0 Å². The summed E-state index contributed by atoms with van der Waals surface area (Å²) in [5.74, 6) is 2.23. The lowest BCUT2D eigenvalue weighted by Gasteiger charge is -2.11. The van der Waals surface area contributed by atoms with Gasteiger partial charge >= 0.3 is 0 Å². The number of rotatable bonds is 4. The van der Waals surface area contributed by atoms with Crippen molar-refractivity contribution in [3.05, 3.63) is 52.7 Å². The molecule has 20 heavy (non-hydrogen) atoms. The Labute approximate surface area is 125 Å². The summed E-state index contributed by atoms with van der Waals surface area (Å²) >= 11 is 5.94. The number of hydrogen-bond donors (Lipinski definition) is 0. The normalized spacial score (nSPS) is 10.9. The zero-order valence-corrected chi connectivity index (χ0v) is 13.2. The average Bonchev–Trinajstić information content (AvgIpc) is 2.42. The molecule has 2 rings (SSSR count). The summed E-state index contributed by atoms with van der Waals surface area (Å²) in [4.78, 5) is 4.55. The zero-order chi connectivity index (χ0) is 14.7. The van der Waals surface area contributed by atoms with Crippen LogP contribution in [0.2, 0.25) is 0 Å². The lowest BCUT2D eigenvalue weighted by atomic mass is 10.1. The molecule has 106 valence electrons. The molecule has 0 spiro atoms. The van der Waals surface area contributed by atoms with Gasteiger partial charge in [0.2, 0.25) is 5.88 Å².